The van der Waals surface area contributed by atoms with Gasteiger partial charge < -0.3 is 10.5 Å². The van der Waals surface area contributed by atoms with Crippen LogP contribution < -0.4 is 5.73 Å². The highest BCUT2D eigenvalue weighted by atomic mass is 16.6. The standard InChI is InChI=1S/C16H17NO3/c1-9(2)15(18)20-16(19)13-7-11-5-4-10(3)6-12(11)8-14(13)17/h4-9H,17H2,1-3H3. The number of carbonyl (C=O) groups excluding carboxylic acids is 2. The van der Waals surface area contributed by atoms with Gasteiger partial charge >= 0.3 is 11.9 Å². The number of carbonyl (C=O) groups is 2. The van der Waals surface area contributed by atoms with E-state index in [1.807, 2.05) is 25.1 Å². The second-order valence-corrected chi connectivity index (χ2v) is 5.15. The third kappa shape index (κ3) is 2.79. The van der Waals surface area contributed by atoms with Crippen LogP contribution in [0.3, 0.4) is 0 Å². The monoisotopic (exact) mass is 271 g/mol. The van der Waals surface area contributed by atoms with Gasteiger partial charge in [0.05, 0.1) is 11.5 Å². The molecule has 0 aliphatic rings. The van der Waals surface area contributed by atoms with Gasteiger partial charge in [-0.25, -0.2) is 4.79 Å². The van der Waals surface area contributed by atoms with Crippen molar-refractivity contribution in [2.45, 2.75) is 20.8 Å². The molecule has 0 bridgehead atoms. The van der Waals surface area contributed by atoms with E-state index in [-0.39, 0.29) is 11.5 Å². The van der Waals surface area contributed by atoms with Gasteiger partial charge in [-0.15, -0.1) is 0 Å². The van der Waals surface area contributed by atoms with Crippen LogP contribution in [0.1, 0.15) is 29.8 Å². The summed E-state index contributed by atoms with van der Waals surface area (Å²) in [4.78, 5) is 23.4. The van der Waals surface area contributed by atoms with Crippen molar-refractivity contribution in [2.75, 3.05) is 5.73 Å². The Labute approximate surface area is 117 Å². The zero-order valence-electron chi connectivity index (χ0n) is 11.8. The van der Waals surface area contributed by atoms with E-state index in [1.54, 1.807) is 26.0 Å². The number of hydrogen-bond donors (Lipinski definition) is 1. The van der Waals surface area contributed by atoms with Crippen LogP contribution in [0, 0.1) is 12.8 Å². The van der Waals surface area contributed by atoms with Crippen LogP contribution in [0.25, 0.3) is 10.8 Å². The molecule has 0 aliphatic heterocycles. The third-order valence-electron chi connectivity index (χ3n) is 3.05. The van der Waals surface area contributed by atoms with E-state index in [0.29, 0.717) is 5.69 Å². The number of anilines is 1. The predicted octanol–water partition coefficient (Wildman–Crippen LogP) is 3.07. The summed E-state index contributed by atoms with van der Waals surface area (Å²) in [5, 5.41) is 1.84. The van der Waals surface area contributed by atoms with Crippen molar-refractivity contribution in [3.63, 3.8) is 0 Å². The van der Waals surface area contributed by atoms with Crippen molar-refractivity contribution in [3.05, 3.63) is 41.5 Å². The molecule has 0 spiro atoms. The van der Waals surface area contributed by atoms with E-state index < -0.39 is 11.9 Å². The molecule has 0 fully saturated rings. The van der Waals surface area contributed by atoms with Crippen molar-refractivity contribution in [3.8, 4) is 0 Å². The van der Waals surface area contributed by atoms with Gasteiger partial charge in [0.2, 0.25) is 0 Å². The molecule has 2 aromatic carbocycles. The molecular formula is C16H17NO3. The van der Waals surface area contributed by atoms with Crippen molar-refractivity contribution >= 4 is 28.4 Å². The number of benzene rings is 2. The Balaban J connectivity index is 2.39. The zero-order valence-corrected chi connectivity index (χ0v) is 11.8. The molecular weight excluding hydrogens is 254 g/mol. The Morgan fingerprint density at radius 2 is 1.80 bits per heavy atom. The number of nitrogen functional groups attached to an aromatic ring is 1. The highest BCUT2D eigenvalue weighted by Gasteiger charge is 2.18. The maximum Gasteiger partial charge on any atom is 0.347 e. The molecule has 104 valence electrons. The highest BCUT2D eigenvalue weighted by Crippen LogP contribution is 2.24. The van der Waals surface area contributed by atoms with E-state index >= 15 is 0 Å². The maximum atomic E-state index is 12.0. The second-order valence-electron chi connectivity index (χ2n) is 5.15. The average molecular weight is 271 g/mol. The van der Waals surface area contributed by atoms with E-state index in [4.69, 9.17) is 10.5 Å². The quantitative estimate of drug-likeness (QED) is 0.517. The lowest BCUT2D eigenvalue weighted by molar-refractivity contribution is -0.141. The van der Waals surface area contributed by atoms with Gasteiger partial charge in [0.25, 0.3) is 0 Å². The van der Waals surface area contributed by atoms with E-state index in [2.05, 4.69) is 0 Å². The highest BCUT2D eigenvalue weighted by molar-refractivity contribution is 6.04. The van der Waals surface area contributed by atoms with Crippen LogP contribution in [-0.4, -0.2) is 11.9 Å². The number of aryl methyl sites for hydroxylation is 1. The summed E-state index contributed by atoms with van der Waals surface area (Å²) in [6, 6.07) is 9.22. The first-order valence-electron chi connectivity index (χ1n) is 6.44. The fraction of sp³-hybridized carbons (Fsp3) is 0.250. The van der Waals surface area contributed by atoms with Crippen molar-refractivity contribution in [1.82, 2.24) is 0 Å². The van der Waals surface area contributed by atoms with E-state index in [9.17, 15) is 9.59 Å². The zero-order chi connectivity index (χ0) is 14.9. The Morgan fingerprint density at radius 1 is 1.10 bits per heavy atom. The largest absolute Gasteiger partial charge is 0.398 e. The first-order chi connectivity index (χ1) is 9.38. The Bertz CT molecular complexity index is 689. The van der Waals surface area contributed by atoms with Crippen LogP contribution in [0.5, 0.6) is 0 Å². The first kappa shape index (κ1) is 14.1. The van der Waals surface area contributed by atoms with Crippen molar-refractivity contribution in [1.29, 1.82) is 0 Å². The average Bonchev–Trinajstić information content (AvgIpc) is 2.37. The fourth-order valence-electron chi connectivity index (χ4n) is 1.88. The molecule has 0 heterocycles. The molecule has 2 aromatic rings. The minimum Gasteiger partial charge on any atom is -0.398 e. The summed E-state index contributed by atoms with van der Waals surface area (Å²) in [7, 11) is 0. The van der Waals surface area contributed by atoms with E-state index in [0.717, 1.165) is 16.3 Å². The number of esters is 2. The second kappa shape index (κ2) is 5.33. The number of ether oxygens (including phenoxy) is 1. The third-order valence-corrected chi connectivity index (χ3v) is 3.05. The maximum absolute atomic E-state index is 12.0. The summed E-state index contributed by atoms with van der Waals surface area (Å²) in [5.74, 6) is -1.62. The minimum absolute atomic E-state index is 0.218. The molecule has 20 heavy (non-hydrogen) atoms. The molecule has 2 rings (SSSR count). The van der Waals surface area contributed by atoms with Gasteiger partial charge in [0.15, 0.2) is 0 Å². The predicted molar refractivity (Wildman–Crippen MR) is 78.4 cm³/mol. The first-order valence-corrected chi connectivity index (χ1v) is 6.44. The topological polar surface area (TPSA) is 69.4 Å². The summed E-state index contributed by atoms with van der Waals surface area (Å²) in [6.45, 7) is 5.32. The molecule has 0 radical (unpaired) electrons. The fourth-order valence-corrected chi connectivity index (χ4v) is 1.88. The summed E-state index contributed by atoms with van der Waals surface area (Å²) in [6.07, 6.45) is 0. The lowest BCUT2D eigenvalue weighted by atomic mass is 10.0. The molecule has 0 unspecified atom stereocenters. The number of nitrogens with two attached hydrogens (primary N) is 1. The lowest BCUT2D eigenvalue weighted by Gasteiger charge is -2.09. The van der Waals surface area contributed by atoms with Gasteiger partial charge in [0, 0.05) is 5.69 Å². The van der Waals surface area contributed by atoms with E-state index in [1.165, 1.54) is 0 Å². The van der Waals surface area contributed by atoms with Gasteiger partial charge in [-0.3, -0.25) is 4.79 Å². The SMILES string of the molecule is Cc1ccc2cc(C(=O)OC(=O)C(C)C)c(N)cc2c1. The minimum atomic E-state index is -0.705. The molecule has 0 saturated carbocycles. The molecule has 0 aliphatic carbocycles. The number of hydrogen-bond acceptors (Lipinski definition) is 4. The molecule has 0 atom stereocenters. The summed E-state index contributed by atoms with van der Waals surface area (Å²) in [5.41, 5.74) is 7.52. The molecule has 0 aromatic heterocycles. The van der Waals surface area contributed by atoms with Crippen LogP contribution >= 0.6 is 0 Å². The number of fused-ring (bicyclic) bond motifs is 1. The molecule has 4 nitrogen and oxygen atoms in total. The Hall–Kier alpha value is -2.36. The molecule has 0 saturated heterocycles. The summed E-state index contributed by atoms with van der Waals surface area (Å²) < 4.78 is 4.79. The Kier molecular flexibility index (Phi) is 3.74. The molecule has 2 N–H and O–H groups in total. The van der Waals surface area contributed by atoms with Gasteiger partial charge in [-0.1, -0.05) is 37.6 Å². The van der Waals surface area contributed by atoms with Crippen LogP contribution in [0.4, 0.5) is 5.69 Å². The summed E-state index contributed by atoms with van der Waals surface area (Å²) >= 11 is 0. The Morgan fingerprint density at radius 3 is 2.45 bits per heavy atom. The van der Waals surface area contributed by atoms with Gasteiger partial charge in [0.1, 0.15) is 0 Å². The van der Waals surface area contributed by atoms with Crippen LogP contribution in [0.15, 0.2) is 30.3 Å². The normalized spacial score (nSPS) is 10.8. The van der Waals surface area contributed by atoms with Gasteiger partial charge in [-0.05, 0) is 29.8 Å². The van der Waals surface area contributed by atoms with Crippen LogP contribution in [-0.2, 0) is 9.53 Å². The van der Waals surface area contributed by atoms with Gasteiger partial charge in [-0.2, -0.15) is 0 Å². The van der Waals surface area contributed by atoms with Crippen molar-refractivity contribution in [2.24, 2.45) is 5.92 Å². The molecule has 0 amide bonds. The van der Waals surface area contributed by atoms with Crippen LogP contribution in [0.2, 0.25) is 0 Å². The lowest BCUT2D eigenvalue weighted by Crippen LogP contribution is -2.18. The van der Waals surface area contributed by atoms with Crippen molar-refractivity contribution < 1.29 is 14.3 Å². The molecule has 4 heteroatoms. The smallest absolute Gasteiger partial charge is 0.347 e. The number of rotatable bonds is 2.